The molecule has 0 unspecified atom stereocenters. The highest BCUT2D eigenvalue weighted by Crippen LogP contribution is 2.07. The molecule has 0 spiro atoms. The molecule has 74 valence electrons. The monoisotopic (exact) mass is 189 g/mol. The summed E-state index contributed by atoms with van der Waals surface area (Å²) in [4.78, 5) is 13.7. The minimum absolute atomic E-state index is 0.0827. The number of nitrogens with zero attached hydrogens (tertiary/aromatic N) is 1. The second kappa shape index (κ2) is 4.61. The summed E-state index contributed by atoms with van der Waals surface area (Å²) in [6.45, 7) is 1.83. The van der Waals surface area contributed by atoms with E-state index in [4.69, 9.17) is 0 Å². The first kappa shape index (κ1) is 10.5. The topological polar surface area (TPSA) is 20.3 Å². The molecule has 2 heteroatoms. The molecule has 0 aliphatic rings. The largest absolute Gasteiger partial charge is 0.383 e. The number of allylic oxidation sites excluding steroid dienone is 1. The molecule has 0 aliphatic carbocycles. The van der Waals surface area contributed by atoms with Crippen LogP contribution in [-0.4, -0.2) is 24.8 Å². The number of benzene rings is 1. The Balaban J connectivity index is 2.87. The maximum atomic E-state index is 11.8. The molecule has 0 radical (unpaired) electrons. The minimum atomic E-state index is 0.0827. The van der Waals surface area contributed by atoms with Crippen LogP contribution >= 0.6 is 0 Å². The SMILES string of the molecule is CC(=CN(C)C)C(=O)c1ccccc1. The van der Waals surface area contributed by atoms with Crippen LogP contribution in [0.5, 0.6) is 0 Å². The zero-order valence-corrected chi connectivity index (χ0v) is 8.82. The first-order chi connectivity index (χ1) is 6.61. The molecule has 0 saturated heterocycles. The lowest BCUT2D eigenvalue weighted by Crippen LogP contribution is -2.07. The van der Waals surface area contributed by atoms with Crippen molar-refractivity contribution in [2.45, 2.75) is 6.92 Å². The van der Waals surface area contributed by atoms with E-state index in [-0.39, 0.29) is 5.78 Å². The molecular weight excluding hydrogens is 174 g/mol. The van der Waals surface area contributed by atoms with Crippen molar-refractivity contribution in [3.8, 4) is 0 Å². The summed E-state index contributed by atoms with van der Waals surface area (Å²) < 4.78 is 0. The van der Waals surface area contributed by atoms with Crippen molar-refractivity contribution in [3.05, 3.63) is 47.7 Å². The van der Waals surface area contributed by atoms with E-state index in [0.717, 1.165) is 11.1 Å². The predicted octanol–water partition coefficient (Wildman–Crippen LogP) is 2.33. The molecule has 0 bridgehead atoms. The molecule has 1 rings (SSSR count). The van der Waals surface area contributed by atoms with Gasteiger partial charge in [-0.05, 0) is 6.92 Å². The maximum Gasteiger partial charge on any atom is 0.190 e. The lowest BCUT2D eigenvalue weighted by Gasteiger charge is -2.07. The summed E-state index contributed by atoms with van der Waals surface area (Å²) in [5.41, 5.74) is 1.49. The normalized spacial score (nSPS) is 11.2. The number of ketones is 1. The van der Waals surface area contributed by atoms with Crippen molar-refractivity contribution in [2.24, 2.45) is 0 Å². The Labute approximate surface area is 84.9 Å². The lowest BCUT2D eigenvalue weighted by atomic mass is 10.1. The van der Waals surface area contributed by atoms with Crippen LogP contribution in [-0.2, 0) is 0 Å². The third kappa shape index (κ3) is 2.73. The highest BCUT2D eigenvalue weighted by atomic mass is 16.1. The quantitative estimate of drug-likeness (QED) is 0.537. The van der Waals surface area contributed by atoms with Crippen LogP contribution in [0, 0.1) is 0 Å². The van der Waals surface area contributed by atoms with E-state index in [2.05, 4.69) is 0 Å². The van der Waals surface area contributed by atoms with Gasteiger partial charge in [0, 0.05) is 31.4 Å². The Morgan fingerprint density at radius 3 is 2.29 bits per heavy atom. The predicted molar refractivity (Wildman–Crippen MR) is 58.2 cm³/mol. The van der Waals surface area contributed by atoms with Crippen molar-refractivity contribution in [1.82, 2.24) is 4.90 Å². The van der Waals surface area contributed by atoms with Gasteiger partial charge in [0.2, 0.25) is 0 Å². The molecule has 0 atom stereocenters. The molecule has 14 heavy (non-hydrogen) atoms. The maximum absolute atomic E-state index is 11.8. The van der Waals surface area contributed by atoms with Crippen LogP contribution in [0.3, 0.4) is 0 Å². The fourth-order valence-corrected chi connectivity index (χ4v) is 1.26. The molecule has 0 amide bonds. The van der Waals surface area contributed by atoms with E-state index in [1.165, 1.54) is 0 Å². The molecule has 0 N–H and O–H groups in total. The molecule has 0 aliphatic heterocycles. The van der Waals surface area contributed by atoms with E-state index < -0.39 is 0 Å². The highest BCUT2D eigenvalue weighted by molar-refractivity contribution is 6.08. The molecule has 1 aromatic rings. The number of rotatable bonds is 3. The van der Waals surface area contributed by atoms with Gasteiger partial charge in [-0.1, -0.05) is 30.3 Å². The van der Waals surface area contributed by atoms with Gasteiger partial charge >= 0.3 is 0 Å². The van der Waals surface area contributed by atoms with Crippen LogP contribution in [0.1, 0.15) is 17.3 Å². The Kier molecular flexibility index (Phi) is 3.46. The number of hydrogen-bond donors (Lipinski definition) is 0. The lowest BCUT2D eigenvalue weighted by molar-refractivity contribution is 0.103. The van der Waals surface area contributed by atoms with E-state index in [1.54, 1.807) is 0 Å². The zero-order valence-electron chi connectivity index (χ0n) is 8.82. The summed E-state index contributed by atoms with van der Waals surface area (Å²) in [6.07, 6.45) is 1.83. The highest BCUT2D eigenvalue weighted by Gasteiger charge is 2.06. The third-order valence-electron chi connectivity index (χ3n) is 1.85. The fraction of sp³-hybridized carbons (Fsp3) is 0.250. The van der Waals surface area contributed by atoms with Gasteiger partial charge in [-0.3, -0.25) is 4.79 Å². The first-order valence-corrected chi connectivity index (χ1v) is 4.56. The van der Waals surface area contributed by atoms with Gasteiger partial charge in [0.1, 0.15) is 0 Å². The molecule has 2 nitrogen and oxygen atoms in total. The zero-order chi connectivity index (χ0) is 10.6. The van der Waals surface area contributed by atoms with Crippen LogP contribution in [0.15, 0.2) is 42.1 Å². The number of carbonyl (C=O) groups excluding carboxylic acids is 1. The van der Waals surface area contributed by atoms with E-state index in [0.29, 0.717) is 0 Å². The van der Waals surface area contributed by atoms with Crippen molar-refractivity contribution in [2.75, 3.05) is 14.1 Å². The van der Waals surface area contributed by atoms with E-state index in [9.17, 15) is 4.79 Å². The molecule has 0 fully saturated rings. The van der Waals surface area contributed by atoms with Crippen LogP contribution in [0.25, 0.3) is 0 Å². The molecular formula is C12H15NO. The summed E-state index contributed by atoms with van der Waals surface area (Å²) in [6, 6.07) is 9.30. The molecule has 0 heterocycles. The Morgan fingerprint density at radius 2 is 1.79 bits per heavy atom. The first-order valence-electron chi connectivity index (χ1n) is 4.56. The number of hydrogen-bond acceptors (Lipinski definition) is 2. The van der Waals surface area contributed by atoms with Crippen LogP contribution in [0.4, 0.5) is 0 Å². The van der Waals surface area contributed by atoms with E-state index in [1.807, 2.05) is 62.5 Å². The molecule has 0 saturated carbocycles. The average Bonchev–Trinajstić information content (AvgIpc) is 2.17. The van der Waals surface area contributed by atoms with E-state index >= 15 is 0 Å². The summed E-state index contributed by atoms with van der Waals surface area (Å²) in [5, 5.41) is 0. The van der Waals surface area contributed by atoms with Gasteiger partial charge in [0.05, 0.1) is 0 Å². The van der Waals surface area contributed by atoms with Gasteiger partial charge < -0.3 is 4.90 Å². The Bertz CT molecular complexity index is 339. The summed E-state index contributed by atoms with van der Waals surface area (Å²) in [5.74, 6) is 0.0827. The van der Waals surface area contributed by atoms with Gasteiger partial charge in [-0.15, -0.1) is 0 Å². The summed E-state index contributed by atoms with van der Waals surface area (Å²) in [7, 11) is 3.81. The minimum Gasteiger partial charge on any atom is -0.383 e. The Morgan fingerprint density at radius 1 is 1.21 bits per heavy atom. The van der Waals surface area contributed by atoms with Gasteiger partial charge in [0.15, 0.2) is 5.78 Å². The van der Waals surface area contributed by atoms with Crippen molar-refractivity contribution in [1.29, 1.82) is 0 Å². The van der Waals surface area contributed by atoms with Crippen LogP contribution < -0.4 is 0 Å². The standard InChI is InChI=1S/C12H15NO/c1-10(9-13(2)3)12(14)11-7-5-4-6-8-11/h4-9H,1-3H3. The van der Waals surface area contributed by atoms with Gasteiger partial charge in [0.25, 0.3) is 0 Å². The molecule has 0 aromatic heterocycles. The van der Waals surface area contributed by atoms with Crippen molar-refractivity contribution in [3.63, 3.8) is 0 Å². The number of Topliss-reactive ketones (excluding diaryl/α,β-unsaturated/α-hetero) is 1. The van der Waals surface area contributed by atoms with Crippen LogP contribution in [0.2, 0.25) is 0 Å². The second-order valence-corrected chi connectivity index (χ2v) is 3.47. The third-order valence-corrected chi connectivity index (χ3v) is 1.85. The number of carbonyl (C=O) groups is 1. The molecule has 1 aromatic carbocycles. The smallest absolute Gasteiger partial charge is 0.190 e. The Hall–Kier alpha value is -1.57. The average molecular weight is 189 g/mol. The van der Waals surface area contributed by atoms with Gasteiger partial charge in [-0.2, -0.15) is 0 Å². The fourth-order valence-electron chi connectivity index (χ4n) is 1.26. The van der Waals surface area contributed by atoms with Crippen molar-refractivity contribution < 1.29 is 4.79 Å². The van der Waals surface area contributed by atoms with Gasteiger partial charge in [-0.25, -0.2) is 0 Å². The van der Waals surface area contributed by atoms with Crippen molar-refractivity contribution >= 4 is 5.78 Å². The second-order valence-electron chi connectivity index (χ2n) is 3.47. The summed E-state index contributed by atoms with van der Waals surface area (Å²) >= 11 is 0.